The van der Waals surface area contributed by atoms with Crippen molar-refractivity contribution in [3.63, 3.8) is 0 Å². The van der Waals surface area contributed by atoms with Gasteiger partial charge in [0.05, 0.1) is 5.54 Å². The second kappa shape index (κ2) is 5.77. The Morgan fingerprint density at radius 1 is 1.16 bits per heavy atom. The summed E-state index contributed by atoms with van der Waals surface area (Å²) in [6.45, 7) is 1.94. The molecule has 1 atom stereocenters. The second-order valence-corrected chi connectivity index (χ2v) is 5.26. The summed E-state index contributed by atoms with van der Waals surface area (Å²) in [5.41, 5.74) is 0.323. The third-order valence-electron chi connectivity index (χ3n) is 2.83. The van der Waals surface area contributed by atoms with Gasteiger partial charge in [-0.05, 0) is 19.4 Å². The number of allylic oxidation sites excluding steroid dienone is 1. The van der Waals surface area contributed by atoms with Gasteiger partial charge in [0.25, 0.3) is 0 Å². The van der Waals surface area contributed by atoms with Crippen LogP contribution in [0.2, 0.25) is 0 Å². The van der Waals surface area contributed by atoms with Crippen LogP contribution in [0.3, 0.4) is 0 Å². The van der Waals surface area contributed by atoms with E-state index in [9.17, 15) is 9.59 Å². The number of hydrogen-bond donors (Lipinski definition) is 2. The number of rotatable bonds is 2. The van der Waals surface area contributed by atoms with Crippen molar-refractivity contribution in [2.75, 3.05) is 28.2 Å². The standard InChI is InChI=1S/C13H22N4O2/c1-13(15-12(19)17(4)5)8-6-10(7-9-13)14-11(18)16(2)3/h6-8H,9H2,1-5H3,(H,14,18)(H,15,19). The Bertz CT molecular complexity index is 426. The fourth-order valence-electron chi connectivity index (χ4n) is 1.51. The van der Waals surface area contributed by atoms with Crippen LogP contribution in [0.25, 0.3) is 0 Å². The van der Waals surface area contributed by atoms with E-state index in [4.69, 9.17) is 0 Å². The summed E-state index contributed by atoms with van der Waals surface area (Å²) in [6.07, 6.45) is 6.23. The third-order valence-corrected chi connectivity index (χ3v) is 2.83. The van der Waals surface area contributed by atoms with Gasteiger partial charge in [-0.3, -0.25) is 0 Å². The molecule has 6 heteroatoms. The highest BCUT2D eigenvalue weighted by Crippen LogP contribution is 2.19. The smallest absolute Gasteiger partial charge is 0.321 e. The van der Waals surface area contributed by atoms with E-state index in [0.717, 1.165) is 5.70 Å². The van der Waals surface area contributed by atoms with Crippen molar-refractivity contribution in [2.45, 2.75) is 18.9 Å². The molecule has 0 aromatic heterocycles. The minimum Gasteiger partial charge on any atom is -0.331 e. The van der Waals surface area contributed by atoms with Crippen LogP contribution in [0.1, 0.15) is 13.3 Å². The number of urea groups is 2. The van der Waals surface area contributed by atoms with Crippen molar-refractivity contribution < 1.29 is 9.59 Å². The Hall–Kier alpha value is -1.98. The Balaban J connectivity index is 2.60. The summed E-state index contributed by atoms with van der Waals surface area (Å²) in [4.78, 5) is 26.1. The molecule has 4 amide bonds. The monoisotopic (exact) mass is 266 g/mol. The van der Waals surface area contributed by atoms with Gasteiger partial charge in [-0.1, -0.05) is 12.2 Å². The molecule has 0 radical (unpaired) electrons. The van der Waals surface area contributed by atoms with Crippen molar-refractivity contribution in [3.05, 3.63) is 23.9 Å². The molecule has 0 spiro atoms. The average molecular weight is 266 g/mol. The number of hydrogen-bond acceptors (Lipinski definition) is 2. The Labute approximate surface area is 114 Å². The lowest BCUT2D eigenvalue weighted by molar-refractivity contribution is 0.208. The van der Waals surface area contributed by atoms with Crippen LogP contribution in [0.5, 0.6) is 0 Å². The molecule has 19 heavy (non-hydrogen) atoms. The second-order valence-electron chi connectivity index (χ2n) is 5.26. The summed E-state index contributed by atoms with van der Waals surface area (Å²) < 4.78 is 0. The van der Waals surface area contributed by atoms with Gasteiger partial charge >= 0.3 is 12.1 Å². The molecule has 1 aliphatic rings. The molecule has 1 aliphatic carbocycles. The van der Waals surface area contributed by atoms with Gasteiger partial charge in [0.1, 0.15) is 0 Å². The molecule has 1 unspecified atom stereocenters. The summed E-state index contributed by atoms with van der Waals surface area (Å²) in [5, 5.41) is 5.69. The first-order valence-electron chi connectivity index (χ1n) is 6.11. The molecule has 2 N–H and O–H groups in total. The number of nitrogens with zero attached hydrogens (tertiary/aromatic N) is 2. The lowest BCUT2D eigenvalue weighted by atomic mass is 9.92. The number of amides is 4. The molecule has 1 rings (SSSR count). The van der Waals surface area contributed by atoms with Crippen LogP contribution in [0, 0.1) is 0 Å². The molecule has 0 aromatic rings. The number of carbonyl (C=O) groups is 2. The molecule has 0 saturated carbocycles. The molecule has 0 aliphatic heterocycles. The molecule has 0 saturated heterocycles. The summed E-state index contributed by atoms with van der Waals surface area (Å²) in [7, 11) is 6.77. The average Bonchev–Trinajstić information content (AvgIpc) is 2.31. The van der Waals surface area contributed by atoms with E-state index in [-0.39, 0.29) is 12.1 Å². The molecular weight excluding hydrogens is 244 g/mol. The van der Waals surface area contributed by atoms with Crippen LogP contribution >= 0.6 is 0 Å². The summed E-state index contributed by atoms with van der Waals surface area (Å²) >= 11 is 0. The van der Waals surface area contributed by atoms with Crippen molar-refractivity contribution in [3.8, 4) is 0 Å². The fourth-order valence-corrected chi connectivity index (χ4v) is 1.51. The zero-order valence-corrected chi connectivity index (χ0v) is 12.2. The molecule has 106 valence electrons. The first-order chi connectivity index (χ1) is 8.73. The van der Waals surface area contributed by atoms with Gasteiger partial charge < -0.3 is 20.4 Å². The number of nitrogens with one attached hydrogen (secondary N) is 2. The SMILES string of the molecule is CN(C)C(=O)NC1=CCC(C)(NC(=O)N(C)C)C=C1. The normalized spacial score (nSPS) is 21.4. The predicted molar refractivity (Wildman–Crippen MR) is 74.7 cm³/mol. The molecule has 0 aromatic carbocycles. The van der Waals surface area contributed by atoms with E-state index in [1.165, 1.54) is 9.80 Å². The van der Waals surface area contributed by atoms with Crippen molar-refractivity contribution >= 4 is 12.1 Å². The maximum absolute atomic E-state index is 11.6. The number of carbonyl (C=O) groups excluding carboxylic acids is 2. The van der Waals surface area contributed by atoms with E-state index in [1.54, 1.807) is 34.3 Å². The lowest BCUT2D eigenvalue weighted by Gasteiger charge is -2.30. The van der Waals surface area contributed by atoms with Crippen LogP contribution in [0.4, 0.5) is 9.59 Å². The molecule has 0 bridgehead atoms. The van der Waals surface area contributed by atoms with E-state index >= 15 is 0 Å². The highest BCUT2D eigenvalue weighted by atomic mass is 16.2. The third kappa shape index (κ3) is 4.31. The van der Waals surface area contributed by atoms with Crippen LogP contribution < -0.4 is 10.6 Å². The van der Waals surface area contributed by atoms with Crippen LogP contribution in [0.15, 0.2) is 23.9 Å². The van der Waals surface area contributed by atoms with E-state index < -0.39 is 5.54 Å². The van der Waals surface area contributed by atoms with Crippen molar-refractivity contribution in [1.82, 2.24) is 20.4 Å². The zero-order valence-electron chi connectivity index (χ0n) is 12.2. The van der Waals surface area contributed by atoms with E-state index in [1.807, 2.05) is 19.1 Å². The first kappa shape index (κ1) is 15.1. The van der Waals surface area contributed by atoms with Gasteiger partial charge in [-0.15, -0.1) is 0 Å². The van der Waals surface area contributed by atoms with E-state index in [2.05, 4.69) is 10.6 Å². The predicted octanol–water partition coefficient (Wildman–Crippen LogP) is 1.13. The van der Waals surface area contributed by atoms with Crippen molar-refractivity contribution in [2.24, 2.45) is 0 Å². The van der Waals surface area contributed by atoms with Gasteiger partial charge in [0, 0.05) is 33.9 Å². The van der Waals surface area contributed by atoms with Gasteiger partial charge in [0.15, 0.2) is 0 Å². The molecule has 0 fully saturated rings. The minimum absolute atomic E-state index is 0.138. The molecular formula is C13H22N4O2. The highest BCUT2D eigenvalue weighted by Gasteiger charge is 2.25. The topological polar surface area (TPSA) is 64.7 Å². The Kier molecular flexibility index (Phi) is 4.58. The summed E-state index contributed by atoms with van der Waals surface area (Å²) in [6, 6.07) is -0.307. The van der Waals surface area contributed by atoms with E-state index in [0.29, 0.717) is 6.42 Å². The van der Waals surface area contributed by atoms with Gasteiger partial charge in [0.2, 0.25) is 0 Å². The maximum Gasteiger partial charge on any atom is 0.321 e. The van der Waals surface area contributed by atoms with Gasteiger partial charge in [-0.2, -0.15) is 0 Å². The summed E-state index contributed by atoms with van der Waals surface area (Å²) in [5.74, 6) is 0. The minimum atomic E-state index is -0.423. The first-order valence-corrected chi connectivity index (χ1v) is 6.11. The van der Waals surface area contributed by atoms with Gasteiger partial charge in [-0.25, -0.2) is 9.59 Å². The van der Waals surface area contributed by atoms with Crippen LogP contribution in [-0.4, -0.2) is 55.6 Å². The molecule has 6 nitrogen and oxygen atoms in total. The zero-order chi connectivity index (χ0) is 14.6. The largest absolute Gasteiger partial charge is 0.331 e. The fraction of sp³-hybridized carbons (Fsp3) is 0.538. The van der Waals surface area contributed by atoms with Crippen LogP contribution in [-0.2, 0) is 0 Å². The lowest BCUT2D eigenvalue weighted by Crippen LogP contribution is -2.49. The Morgan fingerprint density at radius 2 is 1.74 bits per heavy atom. The highest BCUT2D eigenvalue weighted by molar-refractivity contribution is 5.77. The Morgan fingerprint density at radius 3 is 2.16 bits per heavy atom. The molecule has 0 heterocycles. The van der Waals surface area contributed by atoms with Crippen molar-refractivity contribution in [1.29, 1.82) is 0 Å². The quantitative estimate of drug-likeness (QED) is 0.787. The maximum atomic E-state index is 11.6.